The first-order chi connectivity index (χ1) is 12.3. The summed E-state index contributed by atoms with van der Waals surface area (Å²) in [6.07, 6.45) is 5.26. The van der Waals surface area contributed by atoms with Crippen LogP contribution in [0, 0.1) is 0 Å². The molecule has 4 nitrogen and oxygen atoms in total. The average Bonchev–Trinajstić information content (AvgIpc) is 3.25. The van der Waals surface area contributed by atoms with Crippen LogP contribution in [-0.4, -0.2) is 35.1 Å². The van der Waals surface area contributed by atoms with E-state index in [2.05, 4.69) is 62.4 Å². The minimum absolute atomic E-state index is 0.608. The van der Waals surface area contributed by atoms with E-state index in [1.807, 2.05) is 0 Å². The van der Waals surface area contributed by atoms with Crippen molar-refractivity contribution in [1.82, 2.24) is 9.97 Å². The first-order valence-corrected chi connectivity index (χ1v) is 9.98. The van der Waals surface area contributed by atoms with Crippen LogP contribution in [0.5, 0.6) is 0 Å². The van der Waals surface area contributed by atoms with Crippen LogP contribution >= 0.6 is 11.3 Å². The molecule has 0 radical (unpaired) electrons. The molecular formula is C20H22N4S. The standard InChI is InChI=1S/C20H22N4S/c1-14-12-15-4-2-3-5-18(15)24(14)16-6-9-23(10-7-16)20-19-17(8-11-25-19)21-13-22-20/h2-5,8,11,13-14,16H,6-7,9-10,12H2,1H3/t14-/m1/s1. The van der Waals surface area contributed by atoms with Crippen molar-refractivity contribution in [3.63, 3.8) is 0 Å². The second-order valence-electron chi connectivity index (χ2n) is 7.14. The van der Waals surface area contributed by atoms with Gasteiger partial charge in [-0.1, -0.05) is 18.2 Å². The van der Waals surface area contributed by atoms with Gasteiger partial charge in [-0.05, 0) is 49.3 Å². The second-order valence-corrected chi connectivity index (χ2v) is 8.06. The fourth-order valence-corrected chi connectivity index (χ4v) is 5.36. The van der Waals surface area contributed by atoms with E-state index in [1.165, 1.54) is 35.2 Å². The number of aromatic nitrogens is 2. The fraction of sp³-hybridized carbons (Fsp3) is 0.400. The number of rotatable bonds is 2. The van der Waals surface area contributed by atoms with Crippen molar-refractivity contribution in [3.8, 4) is 0 Å². The normalized spacial score (nSPS) is 21.1. The number of anilines is 2. The molecule has 0 spiro atoms. The molecule has 2 aliphatic rings. The zero-order valence-corrected chi connectivity index (χ0v) is 15.2. The van der Waals surface area contributed by atoms with E-state index in [0.29, 0.717) is 12.1 Å². The molecule has 0 unspecified atom stereocenters. The highest BCUT2D eigenvalue weighted by Crippen LogP contribution is 2.37. The van der Waals surface area contributed by atoms with Crippen LogP contribution < -0.4 is 9.80 Å². The summed E-state index contributed by atoms with van der Waals surface area (Å²) in [5.74, 6) is 1.12. The quantitative estimate of drug-likeness (QED) is 0.696. The Morgan fingerprint density at radius 2 is 1.92 bits per heavy atom. The molecule has 5 rings (SSSR count). The van der Waals surface area contributed by atoms with Crippen molar-refractivity contribution in [1.29, 1.82) is 0 Å². The van der Waals surface area contributed by atoms with Crippen LogP contribution in [-0.2, 0) is 6.42 Å². The molecule has 2 aliphatic heterocycles. The van der Waals surface area contributed by atoms with Gasteiger partial charge in [-0.2, -0.15) is 0 Å². The molecule has 128 valence electrons. The van der Waals surface area contributed by atoms with Crippen LogP contribution in [0.1, 0.15) is 25.3 Å². The smallest absolute Gasteiger partial charge is 0.150 e. The summed E-state index contributed by atoms with van der Waals surface area (Å²) in [7, 11) is 0. The van der Waals surface area contributed by atoms with Crippen LogP contribution in [0.3, 0.4) is 0 Å². The molecule has 5 heteroatoms. The molecular weight excluding hydrogens is 328 g/mol. The summed E-state index contributed by atoms with van der Waals surface area (Å²) in [6.45, 7) is 4.51. The molecule has 4 heterocycles. The zero-order valence-electron chi connectivity index (χ0n) is 14.4. The predicted octanol–water partition coefficient (Wildman–Crippen LogP) is 4.11. The Kier molecular flexibility index (Phi) is 3.63. The van der Waals surface area contributed by atoms with Crippen LogP contribution in [0.2, 0.25) is 0 Å². The summed E-state index contributed by atoms with van der Waals surface area (Å²) in [6, 6.07) is 12.3. The number of fused-ring (bicyclic) bond motifs is 2. The molecule has 1 saturated heterocycles. The summed E-state index contributed by atoms with van der Waals surface area (Å²) in [5.41, 5.74) is 4.03. The van der Waals surface area contributed by atoms with Crippen molar-refractivity contribution in [3.05, 3.63) is 47.6 Å². The minimum Gasteiger partial charge on any atom is -0.365 e. The Morgan fingerprint density at radius 1 is 1.08 bits per heavy atom. The molecule has 0 saturated carbocycles. The highest BCUT2D eigenvalue weighted by molar-refractivity contribution is 7.17. The van der Waals surface area contributed by atoms with Gasteiger partial charge in [0.05, 0.1) is 10.2 Å². The minimum atomic E-state index is 0.608. The Balaban J connectivity index is 1.36. The topological polar surface area (TPSA) is 32.3 Å². The lowest BCUT2D eigenvalue weighted by Crippen LogP contribution is -2.47. The maximum Gasteiger partial charge on any atom is 0.150 e. The third-order valence-corrected chi connectivity index (χ3v) is 6.54. The van der Waals surface area contributed by atoms with Crippen molar-refractivity contribution in [2.75, 3.05) is 22.9 Å². The molecule has 1 fully saturated rings. The highest BCUT2D eigenvalue weighted by atomic mass is 32.1. The Morgan fingerprint density at radius 3 is 2.80 bits per heavy atom. The van der Waals surface area contributed by atoms with Gasteiger partial charge in [0.1, 0.15) is 12.1 Å². The van der Waals surface area contributed by atoms with E-state index in [1.54, 1.807) is 17.7 Å². The van der Waals surface area contributed by atoms with Crippen LogP contribution in [0.4, 0.5) is 11.5 Å². The van der Waals surface area contributed by atoms with Gasteiger partial charge >= 0.3 is 0 Å². The number of thiophene rings is 1. The van der Waals surface area contributed by atoms with E-state index in [-0.39, 0.29) is 0 Å². The van der Waals surface area contributed by atoms with Gasteiger partial charge in [0, 0.05) is 30.9 Å². The lowest BCUT2D eigenvalue weighted by atomic mass is 10.0. The lowest BCUT2D eigenvalue weighted by Gasteiger charge is -2.40. The number of benzene rings is 1. The third kappa shape index (κ3) is 2.49. The summed E-state index contributed by atoms with van der Waals surface area (Å²) in [5, 5.41) is 2.11. The van der Waals surface area contributed by atoms with Gasteiger partial charge in [-0.15, -0.1) is 11.3 Å². The van der Waals surface area contributed by atoms with Gasteiger partial charge in [0.2, 0.25) is 0 Å². The third-order valence-electron chi connectivity index (χ3n) is 5.64. The van der Waals surface area contributed by atoms with Gasteiger partial charge < -0.3 is 9.80 Å². The fourth-order valence-electron chi connectivity index (χ4n) is 4.50. The molecule has 3 aromatic rings. The number of nitrogens with zero attached hydrogens (tertiary/aromatic N) is 4. The lowest BCUT2D eigenvalue weighted by molar-refractivity contribution is 0.443. The molecule has 25 heavy (non-hydrogen) atoms. The Bertz CT molecular complexity index is 897. The number of piperidine rings is 1. The van der Waals surface area contributed by atoms with E-state index in [0.717, 1.165) is 24.4 Å². The number of para-hydroxylation sites is 1. The van der Waals surface area contributed by atoms with Crippen molar-refractivity contribution in [2.45, 2.75) is 38.3 Å². The Labute approximate surface area is 152 Å². The maximum absolute atomic E-state index is 4.59. The first kappa shape index (κ1) is 15.1. The summed E-state index contributed by atoms with van der Waals surface area (Å²) < 4.78 is 1.22. The van der Waals surface area contributed by atoms with E-state index < -0.39 is 0 Å². The molecule has 0 N–H and O–H groups in total. The van der Waals surface area contributed by atoms with Crippen molar-refractivity contribution >= 4 is 33.1 Å². The van der Waals surface area contributed by atoms with Crippen LogP contribution in [0.25, 0.3) is 10.2 Å². The monoisotopic (exact) mass is 350 g/mol. The average molecular weight is 350 g/mol. The molecule has 2 aromatic heterocycles. The van der Waals surface area contributed by atoms with Gasteiger partial charge in [-0.3, -0.25) is 0 Å². The number of hydrogen-bond acceptors (Lipinski definition) is 5. The van der Waals surface area contributed by atoms with Gasteiger partial charge in [0.25, 0.3) is 0 Å². The Hall–Kier alpha value is -2.14. The zero-order chi connectivity index (χ0) is 16.8. The van der Waals surface area contributed by atoms with E-state index in [9.17, 15) is 0 Å². The summed E-state index contributed by atoms with van der Waals surface area (Å²) in [4.78, 5) is 14.1. The molecule has 0 amide bonds. The second kappa shape index (κ2) is 5.99. The van der Waals surface area contributed by atoms with Gasteiger partial charge in [0.15, 0.2) is 0 Å². The largest absolute Gasteiger partial charge is 0.365 e. The SMILES string of the molecule is C[C@@H]1Cc2ccccc2N1C1CCN(c2ncnc3ccsc23)CC1. The van der Waals surface area contributed by atoms with E-state index in [4.69, 9.17) is 0 Å². The highest BCUT2D eigenvalue weighted by Gasteiger charge is 2.33. The number of hydrogen-bond donors (Lipinski definition) is 0. The first-order valence-electron chi connectivity index (χ1n) is 9.10. The van der Waals surface area contributed by atoms with Gasteiger partial charge in [-0.25, -0.2) is 9.97 Å². The van der Waals surface area contributed by atoms with Crippen LogP contribution in [0.15, 0.2) is 42.0 Å². The maximum atomic E-state index is 4.59. The molecule has 0 bridgehead atoms. The molecule has 1 aromatic carbocycles. The predicted molar refractivity (Wildman–Crippen MR) is 105 cm³/mol. The molecule has 0 aliphatic carbocycles. The van der Waals surface area contributed by atoms with E-state index >= 15 is 0 Å². The van der Waals surface area contributed by atoms with Crippen molar-refractivity contribution < 1.29 is 0 Å². The van der Waals surface area contributed by atoms with Crippen molar-refractivity contribution in [2.24, 2.45) is 0 Å². The molecule has 1 atom stereocenters. The summed E-state index contributed by atoms with van der Waals surface area (Å²) >= 11 is 1.75.